The van der Waals surface area contributed by atoms with Crippen LogP contribution in [0.3, 0.4) is 0 Å². The second-order valence-corrected chi connectivity index (χ2v) is 5.70. The van der Waals surface area contributed by atoms with Gasteiger partial charge in [0.15, 0.2) is 0 Å². The van der Waals surface area contributed by atoms with E-state index < -0.39 is 5.97 Å². The molecule has 0 heterocycles. The summed E-state index contributed by atoms with van der Waals surface area (Å²) in [7, 11) is 1.72. The Bertz CT molecular complexity index is 272. The van der Waals surface area contributed by atoms with Crippen molar-refractivity contribution in [2.45, 2.75) is 20.3 Å². The van der Waals surface area contributed by atoms with Crippen LogP contribution in [0.2, 0.25) is 0 Å². The van der Waals surface area contributed by atoms with Crippen LogP contribution in [0, 0.1) is 5.92 Å². The molecular formula is C12H24N2O3S. The summed E-state index contributed by atoms with van der Waals surface area (Å²) >= 11 is 1.74. The van der Waals surface area contributed by atoms with Gasteiger partial charge in [0.05, 0.1) is 0 Å². The topological polar surface area (TPSA) is 60.9 Å². The van der Waals surface area contributed by atoms with Crippen LogP contribution in [-0.2, 0) is 4.79 Å². The van der Waals surface area contributed by atoms with Crippen molar-refractivity contribution in [3.8, 4) is 0 Å². The highest BCUT2D eigenvalue weighted by Gasteiger charge is 2.20. The van der Waals surface area contributed by atoms with Gasteiger partial charge < -0.3 is 14.9 Å². The predicted molar refractivity (Wildman–Crippen MR) is 75.1 cm³/mol. The van der Waals surface area contributed by atoms with Crippen molar-refractivity contribution in [3.05, 3.63) is 0 Å². The van der Waals surface area contributed by atoms with E-state index in [1.54, 1.807) is 23.7 Å². The maximum Gasteiger partial charge on any atom is 0.323 e. The molecule has 0 aromatic heterocycles. The quantitative estimate of drug-likeness (QED) is 0.687. The maximum atomic E-state index is 12.1. The number of hydrogen-bond acceptors (Lipinski definition) is 3. The molecule has 0 bridgehead atoms. The minimum absolute atomic E-state index is 0.202. The van der Waals surface area contributed by atoms with E-state index in [2.05, 4.69) is 0 Å². The predicted octanol–water partition coefficient (Wildman–Crippen LogP) is 1.83. The van der Waals surface area contributed by atoms with Gasteiger partial charge in [0.2, 0.25) is 0 Å². The van der Waals surface area contributed by atoms with Gasteiger partial charge >= 0.3 is 12.0 Å². The summed E-state index contributed by atoms with van der Waals surface area (Å²) in [5.41, 5.74) is 0. The Morgan fingerprint density at radius 2 is 1.94 bits per heavy atom. The van der Waals surface area contributed by atoms with Crippen LogP contribution in [-0.4, -0.2) is 65.6 Å². The molecule has 0 saturated heterocycles. The standard InChI is InChI=1S/C12H24N2O3S/c1-10(2)8-14(9-11(15)16)12(17)13(3)6-5-7-18-4/h10H,5-9H2,1-4H3,(H,15,16). The van der Waals surface area contributed by atoms with Gasteiger partial charge in [0, 0.05) is 20.1 Å². The minimum atomic E-state index is -0.971. The van der Waals surface area contributed by atoms with E-state index in [-0.39, 0.29) is 18.5 Å². The van der Waals surface area contributed by atoms with Crippen LogP contribution in [0.25, 0.3) is 0 Å². The van der Waals surface area contributed by atoms with Crippen LogP contribution in [0.15, 0.2) is 0 Å². The molecule has 0 radical (unpaired) electrons. The van der Waals surface area contributed by atoms with Crippen molar-refractivity contribution in [2.24, 2.45) is 5.92 Å². The third-order valence-electron chi connectivity index (χ3n) is 2.35. The van der Waals surface area contributed by atoms with Crippen molar-refractivity contribution in [2.75, 3.05) is 38.7 Å². The average molecular weight is 276 g/mol. The third kappa shape index (κ3) is 7.42. The molecule has 1 N–H and O–H groups in total. The molecular weight excluding hydrogens is 252 g/mol. The van der Waals surface area contributed by atoms with E-state index in [0.29, 0.717) is 13.1 Å². The number of carboxylic acid groups (broad SMARTS) is 1. The summed E-state index contributed by atoms with van der Waals surface area (Å²) in [6, 6.07) is -0.202. The van der Waals surface area contributed by atoms with Gasteiger partial charge in [-0.05, 0) is 24.3 Å². The molecule has 6 heteroatoms. The van der Waals surface area contributed by atoms with E-state index in [0.717, 1.165) is 12.2 Å². The molecule has 0 unspecified atom stereocenters. The molecule has 0 aliphatic heterocycles. The Morgan fingerprint density at radius 3 is 2.39 bits per heavy atom. The van der Waals surface area contributed by atoms with Gasteiger partial charge in [-0.2, -0.15) is 11.8 Å². The molecule has 18 heavy (non-hydrogen) atoms. The van der Waals surface area contributed by atoms with Gasteiger partial charge in [0.25, 0.3) is 0 Å². The number of thioether (sulfide) groups is 1. The Hall–Kier alpha value is -0.910. The highest BCUT2D eigenvalue weighted by atomic mass is 32.2. The fourth-order valence-electron chi connectivity index (χ4n) is 1.60. The van der Waals surface area contributed by atoms with E-state index in [1.807, 2.05) is 20.1 Å². The van der Waals surface area contributed by atoms with Crippen LogP contribution in [0.1, 0.15) is 20.3 Å². The average Bonchev–Trinajstić information content (AvgIpc) is 2.26. The molecule has 106 valence electrons. The first-order valence-electron chi connectivity index (χ1n) is 6.09. The number of carbonyl (C=O) groups excluding carboxylic acids is 1. The van der Waals surface area contributed by atoms with Crippen molar-refractivity contribution in [3.63, 3.8) is 0 Å². The first kappa shape index (κ1) is 17.1. The smallest absolute Gasteiger partial charge is 0.323 e. The van der Waals surface area contributed by atoms with Gasteiger partial charge in [0.1, 0.15) is 6.54 Å². The monoisotopic (exact) mass is 276 g/mol. The number of amides is 2. The summed E-state index contributed by atoms with van der Waals surface area (Å²) in [5.74, 6) is 0.287. The molecule has 0 saturated carbocycles. The summed E-state index contributed by atoms with van der Waals surface area (Å²) in [5, 5.41) is 8.83. The van der Waals surface area contributed by atoms with Crippen LogP contribution < -0.4 is 0 Å². The number of aliphatic carboxylic acids is 1. The lowest BCUT2D eigenvalue weighted by atomic mass is 10.2. The third-order valence-corrected chi connectivity index (χ3v) is 3.05. The van der Waals surface area contributed by atoms with Crippen molar-refractivity contribution in [1.82, 2.24) is 9.80 Å². The molecule has 0 atom stereocenters. The lowest BCUT2D eigenvalue weighted by Gasteiger charge is -2.28. The number of rotatable bonds is 8. The zero-order valence-corrected chi connectivity index (χ0v) is 12.5. The molecule has 0 spiro atoms. The molecule has 2 amide bonds. The maximum absolute atomic E-state index is 12.1. The Labute approximate surface area is 114 Å². The number of carbonyl (C=O) groups is 2. The van der Waals surface area contributed by atoms with Crippen molar-refractivity contribution in [1.29, 1.82) is 0 Å². The number of nitrogens with zero attached hydrogens (tertiary/aromatic N) is 2. The van der Waals surface area contributed by atoms with E-state index in [9.17, 15) is 9.59 Å². The summed E-state index contributed by atoms with van der Waals surface area (Å²) < 4.78 is 0. The van der Waals surface area contributed by atoms with Crippen molar-refractivity contribution >= 4 is 23.8 Å². The molecule has 0 aliphatic carbocycles. The van der Waals surface area contributed by atoms with E-state index in [1.165, 1.54) is 4.90 Å². The zero-order valence-electron chi connectivity index (χ0n) is 11.7. The summed E-state index contributed by atoms with van der Waals surface area (Å²) in [4.78, 5) is 25.8. The van der Waals surface area contributed by atoms with Crippen molar-refractivity contribution < 1.29 is 14.7 Å². The first-order valence-corrected chi connectivity index (χ1v) is 7.48. The highest BCUT2D eigenvalue weighted by molar-refractivity contribution is 7.98. The van der Waals surface area contributed by atoms with E-state index >= 15 is 0 Å². The Balaban J connectivity index is 4.38. The van der Waals surface area contributed by atoms with E-state index in [4.69, 9.17) is 5.11 Å². The fourth-order valence-corrected chi connectivity index (χ4v) is 2.02. The minimum Gasteiger partial charge on any atom is -0.480 e. The number of hydrogen-bond donors (Lipinski definition) is 1. The lowest BCUT2D eigenvalue weighted by molar-refractivity contribution is -0.137. The van der Waals surface area contributed by atoms with Crippen LogP contribution >= 0.6 is 11.8 Å². The zero-order chi connectivity index (χ0) is 14.1. The summed E-state index contributed by atoms with van der Waals surface area (Å²) in [6.07, 6.45) is 2.95. The lowest BCUT2D eigenvalue weighted by Crippen LogP contribution is -2.45. The Morgan fingerprint density at radius 1 is 1.33 bits per heavy atom. The SMILES string of the molecule is CSCCCN(C)C(=O)N(CC(=O)O)CC(C)C. The van der Waals surface area contributed by atoms with Crippen LogP contribution in [0.5, 0.6) is 0 Å². The molecule has 0 aromatic carbocycles. The molecule has 0 aromatic rings. The number of urea groups is 1. The van der Waals surface area contributed by atoms with Gasteiger partial charge in [-0.25, -0.2) is 4.79 Å². The van der Waals surface area contributed by atoms with Crippen LogP contribution in [0.4, 0.5) is 4.79 Å². The largest absolute Gasteiger partial charge is 0.480 e. The molecule has 0 fully saturated rings. The molecule has 0 rings (SSSR count). The normalized spacial score (nSPS) is 10.5. The molecule has 5 nitrogen and oxygen atoms in total. The van der Waals surface area contributed by atoms with Gasteiger partial charge in [-0.15, -0.1) is 0 Å². The fraction of sp³-hybridized carbons (Fsp3) is 0.833. The summed E-state index contributed by atoms with van der Waals surface area (Å²) in [6.45, 7) is 4.83. The Kier molecular flexibility index (Phi) is 8.62. The van der Waals surface area contributed by atoms with Gasteiger partial charge in [-0.1, -0.05) is 13.8 Å². The molecule has 0 aliphatic rings. The van der Waals surface area contributed by atoms with Gasteiger partial charge in [-0.3, -0.25) is 4.79 Å². The second-order valence-electron chi connectivity index (χ2n) is 4.72. The number of carboxylic acids is 1. The second kappa shape index (κ2) is 9.08. The first-order chi connectivity index (χ1) is 8.38. The highest BCUT2D eigenvalue weighted by Crippen LogP contribution is 2.05.